The number of aromatic hydroxyl groups is 2. The summed E-state index contributed by atoms with van der Waals surface area (Å²) in [4.78, 5) is 16.4. The first-order valence-corrected chi connectivity index (χ1v) is 16.6. The van der Waals surface area contributed by atoms with E-state index in [1.165, 1.54) is 24.3 Å². The Morgan fingerprint density at radius 1 is 1.02 bits per heavy atom. The van der Waals surface area contributed by atoms with Crippen molar-refractivity contribution in [3.63, 3.8) is 0 Å². The van der Waals surface area contributed by atoms with Gasteiger partial charge in [0.15, 0.2) is 23.3 Å². The van der Waals surface area contributed by atoms with Gasteiger partial charge >= 0.3 is 11.8 Å². The number of nitrogens with zero attached hydrogens (tertiary/aromatic N) is 1. The fourth-order valence-corrected chi connectivity index (χ4v) is 6.19. The average molecular weight is 736 g/mol. The maximum absolute atomic E-state index is 12.2. The number of ether oxygens (including phenoxy) is 5. The molecule has 1 saturated heterocycles. The van der Waals surface area contributed by atoms with Crippen LogP contribution < -0.4 is 24.4 Å². The molecule has 6 unspecified atom stereocenters. The first-order chi connectivity index (χ1) is 25.4. The summed E-state index contributed by atoms with van der Waals surface area (Å²) in [6.07, 6.45) is -4.17. The van der Waals surface area contributed by atoms with E-state index in [0.29, 0.717) is 35.7 Å². The number of allylic oxidation sites excluding steroid dienone is 1. The van der Waals surface area contributed by atoms with Crippen LogP contribution >= 0.6 is 0 Å². The van der Waals surface area contributed by atoms with Crippen LogP contribution in [0.1, 0.15) is 42.1 Å². The fraction of sp³-hybridized carbons (Fsp3) is 0.324. The van der Waals surface area contributed by atoms with Crippen molar-refractivity contribution in [2.75, 3.05) is 13.2 Å². The summed E-state index contributed by atoms with van der Waals surface area (Å²) in [6, 6.07) is 14.1. The fourth-order valence-electron chi connectivity index (χ4n) is 6.19. The minimum atomic E-state index is -2.50. The van der Waals surface area contributed by atoms with Crippen molar-refractivity contribution in [2.24, 2.45) is 4.99 Å². The minimum absolute atomic E-state index is 0.0567. The quantitative estimate of drug-likeness (QED) is 0.112. The van der Waals surface area contributed by atoms with Crippen LogP contribution in [0.2, 0.25) is 0 Å². The molecule has 6 rings (SSSR count). The van der Waals surface area contributed by atoms with Crippen molar-refractivity contribution in [3.8, 4) is 34.5 Å². The number of aliphatic carboxylic acids is 1. The van der Waals surface area contributed by atoms with Crippen LogP contribution in [0.25, 0.3) is 5.76 Å². The number of aliphatic hydroxyl groups is 5. The molecule has 0 radical (unpaired) electrons. The van der Waals surface area contributed by atoms with E-state index in [9.17, 15) is 45.6 Å². The second-order valence-corrected chi connectivity index (χ2v) is 12.6. The monoisotopic (exact) mass is 735 g/mol. The van der Waals surface area contributed by atoms with E-state index >= 15 is 0 Å². The van der Waals surface area contributed by atoms with Gasteiger partial charge in [-0.25, -0.2) is 4.79 Å². The minimum Gasteiger partial charge on any atom is -0.508 e. The van der Waals surface area contributed by atoms with Gasteiger partial charge in [0.05, 0.1) is 6.61 Å². The van der Waals surface area contributed by atoms with Crippen LogP contribution in [0.4, 0.5) is 0 Å². The number of hydrogen-bond donors (Lipinski definition) is 9. The van der Waals surface area contributed by atoms with Gasteiger partial charge in [-0.3, -0.25) is 5.41 Å². The Kier molecular flexibility index (Phi) is 10.9. The van der Waals surface area contributed by atoms with Crippen molar-refractivity contribution in [1.29, 1.82) is 0 Å². The van der Waals surface area contributed by atoms with Crippen molar-refractivity contribution < 1.29 is 74.7 Å². The maximum Gasteiger partial charge on any atom is 0.336 e. The smallest absolute Gasteiger partial charge is 0.336 e. The largest absolute Gasteiger partial charge is 0.508 e. The Bertz CT molecular complexity index is 1940. The molecule has 6 atom stereocenters. The number of phenolic OH excluding ortho intramolecular Hbond substituents is 2. The van der Waals surface area contributed by atoms with Gasteiger partial charge in [0.2, 0.25) is 12.0 Å². The first-order valence-electron chi connectivity index (χ1n) is 16.6. The summed E-state index contributed by atoms with van der Waals surface area (Å²) in [6.45, 7) is -0.324. The van der Waals surface area contributed by atoms with E-state index in [4.69, 9.17) is 29.1 Å². The standard InChI is InChI=1S/C37H38N2O14/c38-28-10-7-21(39-28)11-14-49-23-8-5-20(6-9-23)25-16-24(42)29-26(51-25)17-27(32(30(29)43)50-18-19-3-1-4-22(41)15-19)52-36-31(44)33(45)37(48,12-2-13-40)34(53-36)35(46)47/h1,3-10,15-17,25,31,33-34,36,38,40-45,48H,2,11-14,18H2,(H,46,47)/p+1. The number of aliphatic hydroxyl groups excluding tert-OH is 4. The number of fused-ring (bicyclic) bond motifs is 1. The highest BCUT2D eigenvalue weighted by atomic mass is 16.7. The number of nitrogens with two attached hydrogens (primary N) is 1. The molecule has 3 heterocycles. The molecule has 53 heavy (non-hydrogen) atoms. The third kappa shape index (κ3) is 7.91. The molecule has 16 heteroatoms. The van der Waals surface area contributed by atoms with E-state index in [-0.39, 0.29) is 41.6 Å². The van der Waals surface area contributed by atoms with Crippen LogP contribution in [0.15, 0.2) is 77.8 Å². The number of benzene rings is 3. The van der Waals surface area contributed by atoms with Gasteiger partial charge in [0.1, 0.15) is 59.1 Å². The molecule has 16 nitrogen and oxygen atoms in total. The molecule has 1 fully saturated rings. The van der Waals surface area contributed by atoms with Gasteiger partial charge in [-0.1, -0.05) is 24.3 Å². The number of rotatable bonds is 14. The zero-order chi connectivity index (χ0) is 37.9. The number of amidine groups is 1. The number of phenols is 2. The summed E-state index contributed by atoms with van der Waals surface area (Å²) in [5, 5.41) is 90.3. The van der Waals surface area contributed by atoms with Gasteiger partial charge in [-0.15, -0.1) is 0 Å². The van der Waals surface area contributed by atoms with Crippen LogP contribution in [-0.4, -0.2) is 102 Å². The molecule has 0 aromatic heterocycles. The van der Waals surface area contributed by atoms with Gasteiger partial charge in [0.25, 0.3) is 0 Å². The van der Waals surface area contributed by atoms with Crippen LogP contribution in [0, 0.1) is 0 Å². The third-order valence-electron chi connectivity index (χ3n) is 8.89. The number of carboxylic acids is 1. The second kappa shape index (κ2) is 15.5. The summed E-state index contributed by atoms with van der Waals surface area (Å²) in [5.74, 6) is -2.63. The van der Waals surface area contributed by atoms with Crippen LogP contribution in [0.5, 0.6) is 34.5 Å². The molecular formula is C37H39N2O14+. The maximum atomic E-state index is 12.2. The highest BCUT2D eigenvalue weighted by Gasteiger charge is 2.58. The topological polar surface area (TPSA) is 263 Å². The molecule has 0 aliphatic carbocycles. The number of carboxylic acid groups (broad SMARTS) is 1. The summed E-state index contributed by atoms with van der Waals surface area (Å²) < 4.78 is 29.2. The molecule has 0 saturated carbocycles. The van der Waals surface area contributed by atoms with Gasteiger partial charge < -0.3 is 64.5 Å². The lowest BCUT2D eigenvalue weighted by molar-refractivity contribution is -0.306. The lowest BCUT2D eigenvalue weighted by atomic mass is 9.80. The third-order valence-corrected chi connectivity index (χ3v) is 8.89. The summed E-state index contributed by atoms with van der Waals surface area (Å²) in [7, 11) is 0. The normalized spacial score (nSPS) is 24.8. The molecule has 0 bridgehead atoms. The van der Waals surface area contributed by atoms with Crippen molar-refractivity contribution in [3.05, 3.63) is 89.5 Å². The Morgan fingerprint density at radius 3 is 2.47 bits per heavy atom. The molecule has 10 N–H and O–H groups in total. The predicted molar refractivity (Wildman–Crippen MR) is 185 cm³/mol. The number of aliphatic imine (C=N–C) groups is 1. The first kappa shape index (κ1) is 37.1. The zero-order valence-corrected chi connectivity index (χ0v) is 28.1. The Balaban J connectivity index is 1.28. The Hall–Kier alpha value is -5.65. The van der Waals surface area contributed by atoms with Crippen LogP contribution in [0.3, 0.4) is 0 Å². The number of carbonyl (C=O) groups is 1. The van der Waals surface area contributed by atoms with E-state index in [1.807, 2.05) is 6.08 Å². The van der Waals surface area contributed by atoms with E-state index < -0.39 is 66.8 Å². The average Bonchev–Trinajstić information content (AvgIpc) is 3.55. The highest BCUT2D eigenvalue weighted by molar-refractivity contribution is 6.13. The molecule has 0 spiro atoms. The predicted octanol–water partition coefficient (Wildman–Crippen LogP) is 1.06. The van der Waals surface area contributed by atoms with Crippen molar-refractivity contribution >= 4 is 23.3 Å². The molecule has 3 aromatic rings. The molecule has 3 aliphatic heterocycles. The summed E-state index contributed by atoms with van der Waals surface area (Å²) >= 11 is 0. The lowest BCUT2D eigenvalue weighted by Gasteiger charge is -2.46. The van der Waals surface area contributed by atoms with Crippen molar-refractivity contribution in [1.82, 2.24) is 0 Å². The zero-order valence-electron chi connectivity index (χ0n) is 28.1. The van der Waals surface area contributed by atoms with E-state index in [2.05, 4.69) is 4.99 Å². The SMILES string of the molecule is [NH2+]=C1C=CC(CCOc2ccc(C3C=C(O)c4c(cc(OC5OC(C(=O)O)C(O)(CCCO)C(O)C5O)c(OCc5cccc(O)c5)c4O)O3)cc2)=N1. The second-order valence-electron chi connectivity index (χ2n) is 12.6. The van der Waals surface area contributed by atoms with E-state index in [0.717, 1.165) is 5.71 Å². The van der Waals surface area contributed by atoms with Crippen molar-refractivity contribution in [2.45, 2.75) is 62.2 Å². The molecular weight excluding hydrogens is 696 g/mol. The molecule has 3 aromatic carbocycles. The molecule has 280 valence electrons. The molecule has 3 aliphatic rings. The van der Waals surface area contributed by atoms with E-state index in [1.54, 1.807) is 42.5 Å². The van der Waals surface area contributed by atoms with Crippen LogP contribution in [-0.2, 0) is 16.1 Å². The van der Waals surface area contributed by atoms with Gasteiger partial charge in [0, 0.05) is 31.2 Å². The lowest BCUT2D eigenvalue weighted by Crippen LogP contribution is -2.68. The number of hydrogen-bond acceptors (Lipinski definition) is 13. The Morgan fingerprint density at radius 2 is 1.79 bits per heavy atom. The van der Waals surface area contributed by atoms with Gasteiger partial charge in [-0.05, 0) is 59.3 Å². The Labute approximate surface area is 302 Å². The highest BCUT2D eigenvalue weighted by Crippen LogP contribution is 2.51. The molecule has 0 amide bonds. The summed E-state index contributed by atoms with van der Waals surface area (Å²) in [5.41, 5.74) is -0.813. The van der Waals surface area contributed by atoms with Gasteiger partial charge in [-0.2, -0.15) is 0 Å².